The van der Waals surface area contributed by atoms with Crippen molar-refractivity contribution in [2.24, 2.45) is 0 Å². The molecule has 102 valence electrons. The number of hydrogen-bond donors (Lipinski definition) is 0. The van der Waals surface area contributed by atoms with Crippen LogP contribution in [-0.4, -0.2) is 15.1 Å². The van der Waals surface area contributed by atoms with Gasteiger partial charge in [-0.05, 0) is 22.4 Å². The number of hydrogen-bond acceptors (Lipinski definition) is 3. The molecule has 0 saturated carbocycles. The number of nitrogens with zero attached hydrogens (tertiary/aromatic N) is 1. The third-order valence-corrected chi connectivity index (χ3v) is 5.50. The van der Waals surface area contributed by atoms with Gasteiger partial charge in [0, 0.05) is 20.7 Å². The fraction of sp³-hybridized carbons (Fsp3) is 0.333. The molecule has 0 spiro atoms. The van der Waals surface area contributed by atoms with Crippen LogP contribution in [0.4, 0.5) is 0 Å². The van der Waals surface area contributed by atoms with Gasteiger partial charge < -0.3 is 0 Å². The first-order valence-corrected chi connectivity index (χ1v) is 8.95. The van der Waals surface area contributed by atoms with E-state index in [0.29, 0.717) is 10.8 Å². The maximum absolute atomic E-state index is 12.6. The molecule has 0 saturated heterocycles. The zero-order chi connectivity index (χ0) is 14.1. The Hall–Kier alpha value is -1.13. The molecule has 1 atom stereocenters. The SMILES string of the molecule is C=S(=O)(Cc1cccc(C(C)(C)C)c1)c1cscn1. The van der Waals surface area contributed by atoms with Gasteiger partial charge >= 0.3 is 0 Å². The number of thiazole rings is 1. The first-order valence-electron chi connectivity index (χ1n) is 6.11. The first kappa shape index (κ1) is 14.3. The van der Waals surface area contributed by atoms with Crippen LogP contribution in [0, 0.1) is 0 Å². The summed E-state index contributed by atoms with van der Waals surface area (Å²) in [4.78, 5) is 4.14. The van der Waals surface area contributed by atoms with Gasteiger partial charge in [-0.25, -0.2) is 4.98 Å². The van der Waals surface area contributed by atoms with Gasteiger partial charge in [0.1, 0.15) is 5.03 Å². The highest BCUT2D eigenvalue weighted by atomic mass is 32.2. The number of aromatic nitrogens is 1. The lowest BCUT2D eigenvalue weighted by Gasteiger charge is -2.20. The maximum atomic E-state index is 12.6. The lowest BCUT2D eigenvalue weighted by molar-refractivity contribution is 0.589. The Bertz CT molecular complexity index is 650. The molecule has 1 aromatic heterocycles. The second-order valence-corrected chi connectivity index (χ2v) is 8.78. The topological polar surface area (TPSA) is 30.0 Å². The molecule has 0 bridgehead atoms. The second-order valence-electron chi connectivity index (χ2n) is 5.73. The standard InChI is InChI=1S/C15H19NOS2/c1-15(2,3)13-7-5-6-12(8-13)10-19(4,17)14-9-18-11-16-14/h5-9,11H,4,10H2,1-3H3. The summed E-state index contributed by atoms with van der Waals surface area (Å²) in [5, 5.41) is 2.43. The van der Waals surface area contributed by atoms with Crippen molar-refractivity contribution in [3.8, 4) is 0 Å². The molecule has 0 radical (unpaired) electrons. The Morgan fingerprint density at radius 1 is 1.37 bits per heavy atom. The van der Waals surface area contributed by atoms with E-state index in [2.05, 4.69) is 43.8 Å². The van der Waals surface area contributed by atoms with Crippen molar-refractivity contribution in [2.75, 3.05) is 0 Å². The molecule has 2 rings (SSSR count). The fourth-order valence-corrected chi connectivity index (χ4v) is 4.31. The van der Waals surface area contributed by atoms with Gasteiger partial charge in [-0.2, -0.15) is 0 Å². The van der Waals surface area contributed by atoms with Gasteiger partial charge in [0.25, 0.3) is 0 Å². The highest BCUT2D eigenvalue weighted by molar-refractivity contribution is 7.99. The molecule has 0 aliphatic heterocycles. The van der Waals surface area contributed by atoms with Crippen LogP contribution in [0.5, 0.6) is 0 Å². The first-order chi connectivity index (χ1) is 8.79. The molecule has 2 aromatic rings. The van der Waals surface area contributed by atoms with Crippen LogP contribution in [0.3, 0.4) is 0 Å². The van der Waals surface area contributed by atoms with Gasteiger partial charge in [-0.1, -0.05) is 45.0 Å². The smallest absolute Gasteiger partial charge is 0.130 e. The van der Waals surface area contributed by atoms with E-state index in [1.165, 1.54) is 16.9 Å². The van der Waals surface area contributed by atoms with Crippen LogP contribution in [0.25, 0.3) is 0 Å². The normalized spacial score (nSPS) is 15.1. The predicted molar refractivity (Wildman–Crippen MR) is 84.5 cm³/mol. The van der Waals surface area contributed by atoms with Crippen molar-refractivity contribution in [1.82, 2.24) is 4.98 Å². The van der Waals surface area contributed by atoms with Crippen molar-refractivity contribution < 1.29 is 4.21 Å². The minimum Gasteiger partial charge on any atom is -0.261 e. The fourth-order valence-electron chi connectivity index (χ4n) is 1.86. The summed E-state index contributed by atoms with van der Waals surface area (Å²) in [5.41, 5.74) is 4.10. The average Bonchev–Trinajstić information content (AvgIpc) is 2.81. The Morgan fingerprint density at radius 3 is 2.68 bits per heavy atom. The van der Waals surface area contributed by atoms with Crippen LogP contribution < -0.4 is 0 Å². The van der Waals surface area contributed by atoms with E-state index in [9.17, 15) is 4.21 Å². The Kier molecular flexibility index (Phi) is 3.83. The van der Waals surface area contributed by atoms with Crippen LogP contribution in [-0.2, 0) is 20.7 Å². The lowest BCUT2D eigenvalue weighted by Crippen LogP contribution is -2.12. The molecule has 4 heteroatoms. The Balaban J connectivity index is 2.30. The quantitative estimate of drug-likeness (QED) is 0.807. The van der Waals surface area contributed by atoms with Crippen LogP contribution >= 0.6 is 11.3 Å². The van der Waals surface area contributed by atoms with E-state index in [1.807, 2.05) is 17.5 Å². The molecule has 0 aliphatic carbocycles. The highest BCUT2D eigenvalue weighted by Gasteiger charge is 2.16. The van der Waals surface area contributed by atoms with E-state index in [0.717, 1.165) is 5.56 Å². The van der Waals surface area contributed by atoms with Crippen molar-refractivity contribution in [3.05, 3.63) is 46.3 Å². The van der Waals surface area contributed by atoms with E-state index in [-0.39, 0.29) is 5.41 Å². The van der Waals surface area contributed by atoms with Crippen molar-refractivity contribution in [1.29, 1.82) is 0 Å². The minimum absolute atomic E-state index is 0.0959. The molecule has 1 unspecified atom stereocenters. The van der Waals surface area contributed by atoms with Gasteiger partial charge in [-0.3, -0.25) is 4.21 Å². The molecule has 2 nitrogen and oxygen atoms in total. The van der Waals surface area contributed by atoms with Gasteiger partial charge in [-0.15, -0.1) is 11.3 Å². The highest BCUT2D eigenvalue weighted by Crippen LogP contribution is 2.24. The summed E-state index contributed by atoms with van der Waals surface area (Å²) in [6.07, 6.45) is 0. The maximum Gasteiger partial charge on any atom is 0.130 e. The van der Waals surface area contributed by atoms with E-state index in [4.69, 9.17) is 0 Å². The van der Waals surface area contributed by atoms with Crippen LogP contribution in [0.15, 0.2) is 40.2 Å². The summed E-state index contributed by atoms with van der Waals surface area (Å²) in [7, 11) is -2.33. The Morgan fingerprint density at radius 2 is 2.11 bits per heavy atom. The molecular formula is C15H19NOS2. The molecule has 0 N–H and O–H groups in total. The van der Waals surface area contributed by atoms with Gasteiger partial charge in [0.15, 0.2) is 0 Å². The molecule has 0 aliphatic rings. The van der Waals surface area contributed by atoms with Crippen molar-refractivity contribution in [3.63, 3.8) is 0 Å². The third kappa shape index (κ3) is 3.45. The molecular weight excluding hydrogens is 274 g/mol. The van der Waals surface area contributed by atoms with E-state index in [1.54, 1.807) is 5.51 Å². The monoisotopic (exact) mass is 293 g/mol. The van der Waals surface area contributed by atoms with E-state index >= 15 is 0 Å². The zero-order valence-corrected chi connectivity index (χ0v) is 13.2. The summed E-state index contributed by atoms with van der Waals surface area (Å²) < 4.78 is 12.6. The van der Waals surface area contributed by atoms with Gasteiger partial charge in [0.2, 0.25) is 0 Å². The predicted octanol–water partition coefficient (Wildman–Crippen LogP) is 3.72. The largest absolute Gasteiger partial charge is 0.261 e. The van der Waals surface area contributed by atoms with Crippen LogP contribution in [0.2, 0.25) is 0 Å². The molecule has 1 heterocycles. The van der Waals surface area contributed by atoms with Crippen molar-refractivity contribution in [2.45, 2.75) is 37.0 Å². The molecule has 1 aromatic carbocycles. The lowest BCUT2D eigenvalue weighted by atomic mass is 9.86. The second kappa shape index (κ2) is 5.10. The summed E-state index contributed by atoms with van der Waals surface area (Å²) in [6.45, 7) is 6.52. The molecule has 19 heavy (non-hydrogen) atoms. The summed E-state index contributed by atoms with van der Waals surface area (Å²) in [6, 6.07) is 8.26. The molecule has 0 amide bonds. The Labute approximate surface area is 119 Å². The molecule has 0 fully saturated rings. The van der Waals surface area contributed by atoms with Crippen LogP contribution in [0.1, 0.15) is 31.9 Å². The minimum atomic E-state index is -2.33. The summed E-state index contributed by atoms with van der Waals surface area (Å²) >= 11 is 1.45. The van der Waals surface area contributed by atoms with E-state index < -0.39 is 9.52 Å². The summed E-state index contributed by atoms with van der Waals surface area (Å²) in [5.74, 6) is 4.32. The third-order valence-electron chi connectivity index (χ3n) is 2.98. The van der Waals surface area contributed by atoms with Gasteiger partial charge in [0.05, 0.1) is 5.51 Å². The zero-order valence-electron chi connectivity index (χ0n) is 11.6. The average molecular weight is 293 g/mol. The number of benzene rings is 1. The van der Waals surface area contributed by atoms with Crippen molar-refractivity contribution >= 4 is 26.7 Å². The number of rotatable bonds is 3.